The zero-order valence-corrected chi connectivity index (χ0v) is 12.9. The number of carbonyl (C=O) groups is 1. The van der Waals surface area contributed by atoms with E-state index >= 15 is 0 Å². The first-order valence-electron chi connectivity index (χ1n) is 4.90. The Morgan fingerprint density at radius 1 is 1.56 bits per heavy atom. The number of halogens is 3. The van der Waals surface area contributed by atoms with Crippen molar-refractivity contribution in [2.75, 3.05) is 5.33 Å². The summed E-state index contributed by atoms with van der Waals surface area (Å²) in [4.78, 5) is 12.0. The summed E-state index contributed by atoms with van der Waals surface area (Å²) in [7, 11) is 0. The quantitative estimate of drug-likeness (QED) is 0.594. The van der Waals surface area contributed by atoms with Crippen LogP contribution in [0.5, 0.6) is 0 Å². The van der Waals surface area contributed by atoms with Gasteiger partial charge in [-0.2, -0.15) is 0 Å². The SMILES string of the molecule is O=C(NC1(CBr)CC1)c1cc(Cl)ccc1I. The summed E-state index contributed by atoms with van der Waals surface area (Å²) in [6.07, 6.45) is 2.09. The summed E-state index contributed by atoms with van der Waals surface area (Å²) in [6, 6.07) is 5.35. The minimum atomic E-state index is -0.0381. The Kier molecular flexibility index (Phi) is 3.81. The van der Waals surface area contributed by atoms with Crippen LogP contribution in [0.2, 0.25) is 5.02 Å². The van der Waals surface area contributed by atoms with Gasteiger partial charge in [-0.3, -0.25) is 4.79 Å². The molecule has 0 aliphatic heterocycles. The fraction of sp³-hybridized carbons (Fsp3) is 0.364. The molecule has 0 radical (unpaired) electrons. The molecule has 1 aromatic carbocycles. The van der Waals surface area contributed by atoms with E-state index in [0.29, 0.717) is 10.6 Å². The van der Waals surface area contributed by atoms with E-state index in [4.69, 9.17) is 11.6 Å². The molecular weight excluding hydrogens is 404 g/mol. The van der Waals surface area contributed by atoms with Crippen LogP contribution in [0.3, 0.4) is 0 Å². The van der Waals surface area contributed by atoms with Gasteiger partial charge in [-0.15, -0.1) is 0 Å². The Hall–Kier alpha value is 0.190. The van der Waals surface area contributed by atoms with Crippen molar-refractivity contribution in [2.24, 2.45) is 0 Å². The first-order chi connectivity index (χ1) is 7.56. The monoisotopic (exact) mass is 413 g/mol. The highest BCUT2D eigenvalue weighted by Crippen LogP contribution is 2.37. The second-order valence-electron chi connectivity index (χ2n) is 3.99. The van der Waals surface area contributed by atoms with Gasteiger partial charge in [0.15, 0.2) is 0 Å². The molecule has 1 aromatic rings. The fourth-order valence-electron chi connectivity index (χ4n) is 1.42. The predicted octanol–water partition coefficient (Wildman–Crippen LogP) is 3.60. The van der Waals surface area contributed by atoms with E-state index in [0.717, 1.165) is 21.7 Å². The zero-order chi connectivity index (χ0) is 11.8. The van der Waals surface area contributed by atoms with E-state index in [2.05, 4.69) is 43.8 Å². The van der Waals surface area contributed by atoms with Crippen LogP contribution < -0.4 is 5.32 Å². The van der Waals surface area contributed by atoms with Gasteiger partial charge in [0.2, 0.25) is 0 Å². The van der Waals surface area contributed by atoms with Crippen LogP contribution in [0.4, 0.5) is 0 Å². The molecule has 1 aliphatic rings. The summed E-state index contributed by atoms with van der Waals surface area (Å²) in [5.41, 5.74) is 0.628. The highest BCUT2D eigenvalue weighted by atomic mass is 127. The molecule has 0 spiro atoms. The largest absolute Gasteiger partial charge is 0.346 e. The Bertz CT molecular complexity index is 434. The number of benzene rings is 1. The highest BCUT2D eigenvalue weighted by molar-refractivity contribution is 14.1. The van der Waals surface area contributed by atoms with Gasteiger partial charge in [-0.1, -0.05) is 27.5 Å². The minimum Gasteiger partial charge on any atom is -0.346 e. The van der Waals surface area contributed by atoms with Gasteiger partial charge in [0.25, 0.3) is 5.91 Å². The molecule has 0 atom stereocenters. The average Bonchev–Trinajstić information content (AvgIpc) is 3.02. The van der Waals surface area contributed by atoms with E-state index in [1.165, 1.54) is 0 Å². The summed E-state index contributed by atoms with van der Waals surface area (Å²) in [5.74, 6) is -0.0381. The Morgan fingerprint density at radius 2 is 2.25 bits per heavy atom. The van der Waals surface area contributed by atoms with Crippen molar-refractivity contribution in [2.45, 2.75) is 18.4 Å². The van der Waals surface area contributed by atoms with Gasteiger partial charge >= 0.3 is 0 Å². The zero-order valence-electron chi connectivity index (χ0n) is 8.40. The maximum Gasteiger partial charge on any atom is 0.252 e. The lowest BCUT2D eigenvalue weighted by molar-refractivity contribution is 0.0935. The smallest absolute Gasteiger partial charge is 0.252 e. The molecule has 1 aliphatic carbocycles. The third kappa shape index (κ3) is 2.71. The molecule has 1 amide bonds. The molecule has 86 valence electrons. The lowest BCUT2D eigenvalue weighted by Gasteiger charge is -2.15. The number of hydrogen-bond acceptors (Lipinski definition) is 1. The molecule has 0 saturated heterocycles. The first kappa shape index (κ1) is 12.6. The number of hydrogen-bond donors (Lipinski definition) is 1. The second kappa shape index (κ2) is 4.82. The van der Waals surface area contributed by atoms with Crippen molar-refractivity contribution in [3.05, 3.63) is 32.4 Å². The lowest BCUT2D eigenvalue weighted by Crippen LogP contribution is -2.38. The normalized spacial score (nSPS) is 16.9. The van der Waals surface area contributed by atoms with Crippen LogP contribution in [0.15, 0.2) is 18.2 Å². The Balaban J connectivity index is 2.17. The molecule has 16 heavy (non-hydrogen) atoms. The number of carbonyl (C=O) groups excluding carboxylic acids is 1. The molecule has 0 bridgehead atoms. The van der Waals surface area contributed by atoms with Crippen molar-refractivity contribution >= 4 is 56.0 Å². The predicted molar refractivity (Wildman–Crippen MR) is 77.4 cm³/mol. The molecule has 2 nitrogen and oxygen atoms in total. The first-order valence-corrected chi connectivity index (χ1v) is 7.48. The number of rotatable bonds is 3. The van der Waals surface area contributed by atoms with Crippen LogP contribution in [0.25, 0.3) is 0 Å². The van der Waals surface area contributed by atoms with Crippen LogP contribution in [0, 0.1) is 3.57 Å². The minimum absolute atomic E-state index is 0.0253. The van der Waals surface area contributed by atoms with Crippen molar-refractivity contribution in [1.29, 1.82) is 0 Å². The van der Waals surface area contributed by atoms with Gasteiger partial charge in [-0.25, -0.2) is 0 Å². The molecule has 0 unspecified atom stereocenters. The molecule has 1 fully saturated rings. The number of nitrogens with one attached hydrogen (secondary N) is 1. The van der Waals surface area contributed by atoms with Gasteiger partial charge in [-0.05, 0) is 53.6 Å². The van der Waals surface area contributed by atoms with Gasteiger partial charge < -0.3 is 5.32 Å². The van der Waals surface area contributed by atoms with Crippen molar-refractivity contribution in [3.8, 4) is 0 Å². The standard InChI is InChI=1S/C11H10BrClINO/c12-6-11(3-4-11)15-10(16)8-5-7(13)1-2-9(8)14/h1-2,5H,3-4,6H2,(H,15,16). The van der Waals surface area contributed by atoms with Crippen molar-refractivity contribution < 1.29 is 4.79 Å². The van der Waals surface area contributed by atoms with Crippen LogP contribution >= 0.6 is 50.1 Å². The summed E-state index contributed by atoms with van der Waals surface area (Å²) in [5, 5.41) is 4.45. The van der Waals surface area contributed by atoms with Gasteiger partial charge in [0, 0.05) is 13.9 Å². The van der Waals surface area contributed by atoms with Crippen LogP contribution in [-0.4, -0.2) is 16.8 Å². The van der Waals surface area contributed by atoms with Crippen molar-refractivity contribution in [1.82, 2.24) is 5.32 Å². The van der Waals surface area contributed by atoms with Crippen LogP contribution in [0.1, 0.15) is 23.2 Å². The molecule has 1 N–H and O–H groups in total. The van der Waals surface area contributed by atoms with Crippen molar-refractivity contribution in [3.63, 3.8) is 0 Å². The molecular formula is C11H10BrClINO. The molecule has 0 aromatic heterocycles. The summed E-state index contributed by atoms with van der Waals surface area (Å²) >= 11 is 11.5. The Labute approximate surface area is 121 Å². The van der Waals surface area contributed by atoms with Crippen LogP contribution in [-0.2, 0) is 0 Å². The summed E-state index contributed by atoms with van der Waals surface area (Å²) in [6.45, 7) is 0. The molecule has 0 heterocycles. The maximum absolute atomic E-state index is 12.0. The van der Waals surface area contributed by atoms with Gasteiger partial charge in [0.1, 0.15) is 0 Å². The molecule has 2 rings (SSSR count). The summed E-state index contributed by atoms with van der Waals surface area (Å²) < 4.78 is 0.921. The molecule has 5 heteroatoms. The third-order valence-electron chi connectivity index (χ3n) is 2.66. The average molecular weight is 414 g/mol. The van der Waals surface area contributed by atoms with E-state index in [9.17, 15) is 4.79 Å². The fourth-order valence-corrected chi connectivity index (χ4v) is 2.88. The number of alkyl halides is 1. The third-order valence-corrected chi connectivity index (χ3v) is 4.91. The highest BCUT2D eigenvalue weighted by Gasteiger charge is 2.43. The van der Waals surface area contributed by atoms with E-state index in [1.807, 2.05) is 6.07 Å². The topological polar surface area (TPSA) is 29.1 Å². The number of amides is 1. The maximum atomic E-state index is 12.0. The second-order valence-corrected chi connectivity index (χ2v) is 6.15. The lowest BCUT2D eigenvalue weighted by atomic mass is 10.2. The van der Waals surface area contributed by atoms with E-state index in [-0.39, 0.29) is 11.4 Å². The van der Waals surface area contributed by atoms with E-state index in [1.54, 1.807) is 12.1 Å². The van der Waals surface area contributed by atoms with Gasteiger partial charge in [0.05, 0.1) is 11.1 Å². The Morgan fingerprint density at radius 3 is 2.81 bits per heavy atom. The molecule has 1 saturated carbocycles. The van der Waals surface area contributed by atoms with E-state index < -0.39 is 0 Å².